The van der Waals surface area contributed by atoms with Gasteiger partial charge in [-0.25, -0.2) is 0 Å². The number of amides is 1. The van der Waals surface area contributed by atoms with Gasteiger partial charge in [-0.15, -0.1) is 10.2 Å². The molecule has 2 aromatic heterocycles. The Balaban J connectivity index is 1.37. The van der Waals surface area contributed by atoms with Crippen LogP contribution in [-0.4, -0.2) is 39.1 Å². The molecule has 1 amide bonds. The van der Waals surface area contributed by atoms with Crippen molar-refractivity contribution in [2.75, 3.05) is 18.5 Å². The second-order valence-corrected chi connectivity index (χ2v) is 8.37. The number of carbonyl (C=O) groups excluding carboxylic acids is 1. The van der Waals surface area contributed by atoms with Gasteiger partial charge in [0, 0.05) is 17.4 Å². The van der Waals surface area contributed by atoms with E-state index in [4.69, 9.17) is 13.9 Å². The smallest absolute Gasteiger partial charge is 0.237 e. The van der Waals surface area contributed by atoms with Crippen LogP contribution >= 0.6 is 11.8 Å². The highest BCUT2D eigenvalue weighted by atomic mass is 32.2. The lowest BCUT2D eigenvalue weighted by atomic mass is 10.2. The molecule has 4 aromatic rings. The third-order valence-electron chi connectivity index (χ3n) is 4.85. The van der Waals surface area contributed by atoms with Crippen LogP contribution in [0.25, 0.3) is 17.3 Å². The lowest BCUT2D eigenvalue weighted by Crippen LogP contribution is -2.23. The summed E-state index contributed by atoms with van der Waals surface area (Å²) in [6.45, 7) is 2.84. The Bertz CT molecular complexity index is 1220. The molecule has 0 saturated carbocycles. The number of carbonyl (C=O) groups is 1. The van der Waals surface area contributed by atoms with E-state index in [-0.39, 0.29) is 5.91 Å². The molecule has 162 valence electrons. The molecular weight excluding hydrogens is 428 g/mol. The predicted octanol–water partition coefficient (Wildman–Crippen LogP) is 4.42. The number of thioether (sulfide) groups is 1. The zero-order valence-electron chi connectivity index (χ0n) is 17.2. The quantitative estimate of drug-likeness (QED) is 0.437. The van der Waals surface area contributed by atoms with Gasteiger partial charge in [-0.3, -0.25) is 9.36 Å². The number of ether oxygens (including phenoxy) is 2. The fraction of sp³-hybridized carbons (Fsp3) is 0.174. The first-order valence-corrected chi connectivity index (χ1v) is 11.0. The van der Waals surface area contributed by atoms with Gasteiger partial charge in [0.15, 0.2) is 22.4 Å². The van der Waals surface area contributed by atoms with Crippen LogP contribution in [0, 0.1) is 0 Å². The summed E-state index contributed by atoms with van der Waals surface area (Å²) in [6.07, 6.45) is 1.59. The summed E-state index contributed by atoms with van der Waals surface area (Å²) in [5.41, 5.74) is 1.53. The van der Waals surface area contributed by atoms with Gasteiger partial charge in [0.2, 0.25) is 11.7 Å². The molecule has 9 heteroatoms. The van der Waals surface area contributed by atoms with Gasteiger partial charge < -0.3 is 19.2 Å². The summed E-state index contributed by atoms with van der Waals surface area (Å²) < 4.78 is 18.5. The fourth-order valence-electron chi connectivity index (χ4n) is 3.30. The van der Waals surface area contributed by atoms with E-state index in [0.717, 1.165) is 5.69 Å². The monoisotopic (exact) mass is 448 g/mol. The standard InChI is InChI=1S/C23H20N4O4S/c1-15(22(28)24-16-9-10-18-20(14-16)31-13-12-30-18)32-23-26-25-21(19-8-5-11-29-19)27(23)17-6-3-2-4-7-17/h2-11,14-15H,12-13H2,1H3,(H,24,28). The summed E-state index contributed by atoms with van der Waals surface area (Å²) >= 11 is 1.32. The van der Waals surface area contributed by atoms with Gasteiger partial charge in [0.05, 0.1) is 11.5 Å². The molecule has 0 spiro atoms. The van der Waals surface area contributed by atoms with Gasteiger partial charge >= 0.3 is 0 Å². The van der Waals surface area contributed by atoms with E-state index in [2.05, 4.69) is 15.5 Å². The summed E-state index contributed by atoms with van der Waals surface area (Å²) in [6, 6.07) is 18.7. The maximum atomic E-state index is 12.9. The molecule has 0 saturated heterocycles. The van der Waals surface area contributed by atoms with Crippen LogP contribution in [0.3, 0.4) is 0 Å². The minimum absolute atomic E-state index is 0.158. The van der Waals surface area contributed by atoms with E-state index in [1.54, 1.807) is 30.5 Å². The molecule has 0 radical (unpaired) electrons. The fourth-order valence-corrected chi connectivity index (χ4v) is 4.17. The van der Waals surface area contributed by atoms with Crippen LogP contribution in [0.1, 0.15) is 6.92 Å². The number of fused-ring (bicyclic) bond motifs is 1. The van der Waals surface area contributed by atoms with Gasteiger partial charge in [-0.1, -0.05) is 30.0 Å². The molecule has 2 aromatic carbocycles. The maximum absolute atomic E-state index is 12.9. The van der Waals surface area contributed by atoms with Gasteiger partial charge in [-0.05, 0) is 43.3 Å². The Morgan fingerprint density at radius 2 is 1.84 bits per heavy atom. The number of aromatic nitrogens is 3. The molecule has 0 fully saturated rings. The highest BCUT2D eigenvalue weighted by molar-refractivity contribution is 8.00. The van der Waals surface area contributed by atoms with E-state index in [1.165, 1.54) is 11.8 Å². The topological polar surface area (TPSA) is 91.4 Å². The molecule has 1 aliphatic rings. The molecule has 5 rings (SSSR count). The molecule has 3 heterocycles. The Morgan fingerprint density at radius 3 is 2.62 bits per heavy atom. The zero-order chi connectivity index (χ0) is 21.9. The summed E-state index contributed by atoms with van der Waals surface area (Å²) in [5, 5.41) is 11.7. The molecular formula is C23H20N4O4S. The average Bonchev–Trinajstić information content (AvgIpc) is 3.49. The highest BCUT2D eigenvalue weighted by Crippen LogP contribution is 2.34. The molecule has 1 unspecified atom stereocenters. The number of hydrogen-bond donors (Lipinski definition) is 1. The molecule has 1 aliphatic heterocycles. The SMILES string of the molecule is CC(Sc1nnc(-c2ccco2)n1-c1ccccc1)C(=O)Nc1ccc2c(c1)OCCO2. The van der Waals surface area contributed by atoms with Gasteiger partial charge in [-0.2, -0.15) is 0 Å². The number of nitrogens with one attached hydrogen (secondary N) is 1. The molecule has 1 N–H and O–H groups in total. The molecule has 0 aliphatic carbocycles. The van der Waals surface area contributed by atoms with Crippen LogP contribution < -0.4 is 14.8 Å². The van der Waals surface area contributed by atoms with Gasteiger partial charge in [0.1, 0.15) is 13.2 Å². The first-order chi connectivity index (χ1) is 15.7. The van der Waals surface area contributed by atoms with Crippen LogP contribution in [0.2, 0.25) is 0 Å². The second kappa shape index (κ2) is 8.80. The van der Waals surface area contributed by atoms with Crippen LogP contribution in [-0.2, 0) is 4.79 Å². The summed E-state index contributed by atoms with van der Waals surface area (Å²) in [7, 11) is 0. The van der Waals surface area contributed by atoms with Gasteiger partial charge in [0.25, 0.3) is 0 Å². The Kier molecular flexibility index (Phi) is 5.55. The van der Waals surface area contributed by atoms with Crippen LogP contribution in [0.4, 0.5) is 5.69 Å². The molecule has 8 nitrogen and oxygen atoms in total. The Hall–Kier alpha value is -3.72. The lowest BCUT2D eigenvalue weighted by Gasteiger charge is -2.19. The van der Waals surface area contributed by atoms with Crippen molar-refractivity contribution in [3.8, 4) is 28.8 Å². The minimum Gasteiger partial charge on any atom is -0.486 e. The number of anilines is 1. The number of rotatable bonds is 6. The maximum Gasteiger partial charge on any atom is 0.237 e. The molecule has 0 bridgehead atoms. The van der Waals surface area contributed by atoms with Crippen molar-refractivity contribution in [3.05, 3.63) is 66.9 Å². The minimum atomic E-state index is -0.431. The van der Waals surface area contributed by atoms with E-state index < -0.39 is 5.25 Å². The number of benzene rings is 2. The van der Waals surface area contributed by atoms with Crippen molar-refractivity contribution < 1.29 is 18.7 Å². The second-order valence-electron chi connectivity index (χ2n) is 7.06. The van der Waals surface area contributed by atoms with Crippen LogP contribution in [0.15, 0.2) is 76.5 Å². The largest absolute Gasteiger partial charge is 0.486 e. The number of nitrogens with zero attached hydrogens (tertiary/aromatic N) is 3. The highest BCUT2D eigenvalue weighted by Gasteiger charge is 2.23. The van der Waals surface area contributed by atoms with Crippen molar-refractivity contribution in [1.82, 2.24) is 14.8 Å². The number of furan rings is 1. The number of hydrogen-bond acceptors (Lipinski definition) is 7. The molecule has 32 heavy (non-hydrogen) atoms. The summed E-state index contributed by atoms with van der Waals surface area (Å²) in [4.78, 5) is 12.9. The first kappa shape index (κ1) is 20.2. The van der Waals surface area contributed by atoms with Crippen molar-refractivity contribution in [2.45, 2.75) is 17.3 Å². The lowest BCUT2D eigenvalue weighted by molar-refractivity contribution is -0.115. The zero-order valence-corrected chi connectivity index (χ0v) is 18.0. The van der Waals surface area contributed by atoms with Crippen molar-refractivity contribution in [3.63, 3.8) is 0 Å². The first-order valence-electron chi connectivity index (χ1n) is 10.1. The predicted molar refractivity (Wildman–Crippen MR) is 120 cm³/mol. The van der Waals surface area contributed by atoms with Crippen LogP contribution in [0.5, 0.6) is 11.5 Å². The van der Waals surface area contributed by atoms with Crippen molar-refractivity contribution in [2.24, 2.45) is 0 Å². The van der Waals surface area contributed by atoms with E-state index >= 15 is 0 Å². The van der Waals surface area contributed by atoms with Crippen molar-refractivity contribution in [1.29, 1.82) is 0 Å². The Morgan fingerprint density at radius 1 is 1.03 bits per heavy atom. The van der Waals surface area contributed by atoms with E-state index in [1.807, 2.05) is 47.9 Å². The van der Waals surface area contributed by atoms with E-state index in [0.29, 0.717) is 47.1 Å². The molecule has 1 atom stereocenters. The third kappa shape index (κ3) is 4.06. The summed E-state index contributed by atoms with van der Waals surface area (Å²) in [5.74, 6) is 2.32. The third-order valence-corrected chi connectivity index (χ3v) is 5.89. The van der Waals surface area contributed by atoms with Crippen molar-refractivity contribution >= 4 is 23.4 Å². The Labute approximate surface area is 188 Å². The normalized spacial score (nSPS) is 13.5. The van der Waals surface area contributed by atoms with E-state index in [9.17, 15) is 4.79 Å². The average molecular weight is 449 g/mol. The number of para-hydroxylation sites is 1.